The number of hydrogen-bond acceptors (Lipinski definition) is 6. The van der Waals surface area contributed by atoms with E-state index in [0.717, 1.165) is 32.2 Å². The molecule has 2 N–H and O–H groups in total. The molecule has 10 heteroatoms. The normalized spacial score (nSPS) is 28.3. The molecule has 35 heavy (non-hydrogen) atoms. The summed E-state index contributed by atoms with van der Waals surface area (Å²) < 4.78 is 4.98. The number of piperidine rings is 2. The maximum Gasteiger partial charge on any atom is 0.248 e. The van der Waals surface area contributed by atoms with E-state index in [-0.39, 0.29) is 55.2 Å². The van der Waals surface area contributed by atoms with Gasteiger partial charge in [0.15, 0.2) is 0 Å². The minimum absolute atomic E-state index is 0.00461. The molecule has 0 aromatic rings. The Morgan fingerprint density at radius 2 is 1.83 bits per heavy atom. The first kappa shape index (κ1) is 25.5. The molecule has 5 heterocycles. The minimum Gasteiger partial charge on any atom is -0.375 e. The van der Waals surface area contributed by atoms with Gasteiger partial charge in [0.05, 0.1) is 11.6 Å². The molecule has 10 nitrogen and oxygen atoms in total. The molecule has 0 aliphatic carbocycles. The Morgan fingerprint density at radius 1 is 1.11 bits per heavy atom. The van der Waals surface area contributed by atoms with Crippen molar-refractivity contribution in [3.63, 3.8) is 0 Å². The average Bonchev–Trinajstić information content (AvgIpc) is 3.34. The Labute approximate surface area is 207 Å². The third kappa shape index (κ3) is 5.62. The van der Waals surface area contributed by atoms with Crippen LogP contribution in [-0.4, -0.2) is 108 Å². The summed E-state index contributed by atoms with van der Waals surface area (Å²) in [6.07, 6.45) is 9.93. The second-order valence-corrected chi connectivity index (χ2v) is 10.2. The molecule has 5 aliphatic rings. The summed E-state index contributed by atoms with van der Waals surface area (Å²) >= 11 is 0. The Morgan fingerprint density at radius 3 is 2.49 bits per heavy atom. The molecular formula is C25H37N5O5. The van der Waals surface area contributed by atoms with Gasteiger partial charge in [-0.15, -0.1) is 12.3 Å². The van der Waals surface area contributed by atoms with Crippen LogP contribution in [0.2, 0.25) is 0 Å². The third-order valence-corrected chi connectivity index (χ3v) is 8.03. The predicted octanol–water partition coefficient (Wildman–Crippen LogP) is -0.523. The zero-order valence-corrected chi connectivity index (χ0v) is 20.6. The first-order valence-electron chi connectivity index (χ1n) is 12.7. The number of terminal acetylenes is 1. The van der Waals surface area contributed by atoms with E-state index in [1.54, 1.807) is 9.80 Å². The summed E-state index contributed by atoms with van der Waals surface area (Å²) in [5, 5.41) is 6.10. The number of nitrogens with zero attached hydrogens (tertiary/aromatic N) is 3. The van der Waals surface area contributed by atoms with Gasteiger partial charge in [-0.05, 0) is 45.1 Å². The maximum atomic E-state index is 13.6. The topological polar surface area (TPSA) is 111 Å². The number of amides is 4. The van der Waals surface area contributed by atoms with Crippen molar-refractivity contribution >= 4 is 23.6 Å². The van der Waals surface area contributed by atoms with Gasteiger partial charge in [-0.2, -0.15) is 0 Å². The van der Waals surface area contributed by atoms with E-state index in [4.69, 9.17) is 11.2 Å². The number of carbonyl (C=O) groups excluding carboxylic acids is 4. The smallest absolute Gasteiger partial charge is 0.248 e. The van der Waals surface area contributed by atoms with E-state index in [9.17, 15) is 19.2 Å². The minimum atomic E-state index is -0.785. The number of ether oxygens (including phenoxy) is 1. The molecule has 0 saturated carbocycles. The van der Waals surface area contributed by atoms with Crippen LogP contribution in [-0.2, 0) is 23.9 Å². The predicted molar refractivity (Wildman–Crippen MR) is 128 cm³/mol. The van der Waals surface area contributed by atoms with Crippen LogP contribution in [0.3, 0.4) is 0 Å². The lowest BCUT2D eigenvalue weighted by molar-refractivity contribution is -0.141. The highest BCUT2D eigenvalue weighted by Crippen LogP contribution is 2.31. The number of methoxy groups -OCH3 is 1. The van der Waals surface area contributed by atoms with Gasteiger partial charge in [0.25, 0.3) is 0 Å². The quantitative estimate of drug-likeness (QED) is 0.518. The second kappa shape index (κ2) is 11.0. The zero-order chi connectivity index (χ0) is 25.0. The molecule has 0 aromatic heterocycles. The van der Waals surface area contributed by atoms with Crippen LogP contribution in [0.5, 0.6) is 0 Å². The van der Waals surface area contributed by atoms with Gasteiger partial charge in [-0.3, -0.25) is 24.1 Å². The molecule has 0 radical (unpaired) electrons. The van der Waals surface area contributed by atoms with E-state index < -0.39 is 11.6 Å². The van der Waals surface area contributed by atoms with Crippen LogP contribution in [0.1, 0.15) is 51.4 Å². The monoisotopic (exact) mass is 487 g/mol. The van der Waals surface area contributed by atoms with Crippen LogP contribution in [0, 0.1) is 12.3 Å². The summed E-state index contributed by atoms with van der Waals surface area (Å²) in [4.78, 5) is 58.1. The lowest BCUT2D eigenvalue weighted by Crippen LogP contribution is -2.63. The fourth-order valence-corrected chi connectivity index (χ4v) is 6.11. The van der Waals surface area contributed by atoms with Crippen molar-refractivity contribution in [3.8, 4) is 12.3 Å². The molecule has 5 aliphatic heterocycles. The molecule has 5 saturated heterocycles. The van der Waals surface area contributed by atoms with E-state index in [2.05, 4.69) is 21.5 Å². The highest BCUT2D eigenvalue weighted by atomic mass is 16.5. The number of likely N-dealkylation sites (tertiary alicyclic amines) is 1. The largest absolute Gasteiger partial charge is 0.375 e. The number of hydrogen-bond donors (Lipinski definition) is 2. The molecule has 2 bridgehead atoms. The fraction of sp³-hybridized carbons (Fsp3) is 0.760. The van der Waals surface area contributed by atoms with E-state index in [1.807, 2.05) is 0 Å². The van der Waals surface area contributed by atoms with Gasteiger partial charge in [0.2, 0.25) is 23.6 Å². The van der Waals surface area contributed by atoms with Crippen LogP contribution in [0.25, 0.3) is 0 Å². The highest BCUT2D eigenvalue weighted by Gasteiger charge is 2.44. The Kier molecular flexibility index (Phi) is 7.97. The number of nitrogens with one attached hydrogen (secondary N) is 2. The van der Waals surface area contributed by atoms with Gasteiger partial charge >= 0.3 is 0 Å². The zero-order valence-electron chi connectivity index (χ0n) is 20.6. The molecular weight excluding hydrogens is 450 g/mol. The van der Waals surface area contributed by atoms with Crippen molar-refractivity contribution in [2.24, 2.45) is 0 Å². The highest BCUT2D eigenvalue weighted by molar-refractivity contribution is 5.89. The van der Waals surface area contributed by atoms with Crippen molar-refractivity contribution in [2.45, 2.75) is 75.0 Å². The van der Waals surface area contributed by atoms with Gasteiger partial charge in [0.1, 0.15) is 12.6 Å². The molecule has 5 rings (SSSR count). The molecule has 0 aromatic carbocycles. The Bertz CT molecular complexity index is 870. The van der Waals surface area contributed by atoms with E-state index >= 15 is 0 Å². The van der Waals surface area contributed by atoms with Gasteiger partial charge in [-0.25, -0.2) is 0 Å². The van der Waals surface area contributed by atoms with Gasteiger partial charge in [-0.1, -0.05) is 0 Å². The molecule has 5 fully saturated rings. The first-order chi connectivity index (χ1) is 16.9. The van der Waals surface area contributed by atoms with Crippen molar-refractivity contribution in [3.05, 3.63) is 0 Å². The maximum absolute atomic E-state index is 13.6. The van der Waals surface area contributed by atoms with Crippen molar-refractivity contribution in [1.82, 2.24) is 25.3 Å². The molecule has 0 unspecified atom stereocenters. The van der Waals surface area contributed by atoms with Gasteiger partial charge in [0, 0.05) is 52.2 Å². The summed E-state index contributed by atoms with van der Waals surface area (Å²) in [6, 6.07) is -0.750. The van der Waals surface area contributed by atoms with Crippen molar-refractivity contribution in [1.29, 1.82) is 0 Å². The van der Waals surface area contributed by atoms with Gasteiger partial charge < -0.3 is 25.2 Å². The summed E-state index contributed by atoms with van der Waals surface area (Å²) in [7, 11) is 1.48. The molecule has 1 spiro atoms. The van der Waals surface area contributed by atoms with Crippen molar-refractivity contribution in [2.75, 3.05) is 46.4 Å². The van der Waals surface area contributed by atoms with Crippen LogP contribution in [0.15, 0.2) is 0 Å². The summed E-state index contributed by atoms with van der Waals surface area (Å²) in [5.74, 6) is 1.93. The summed E-state index contributed by atoms with van der Waals surface area (Å²) in [6.45, 7) is 2.91. The third-order valence-electron chi connectivity index (χ3n) is 8.03. The lowest BCUT2D eigenvalue weighted by Gasteiger charge is -2.45. The van der Waals surface area contributed by atoms with E-state index in [1.165, 1.54) is 7.11 Å². The summed E-state index contributed by atoms with van der Waals surface area (Å²) in [5.41, 5.74) is -0.785. The average molecular weight is 488 g/mol. The Hall–Kier alpha value is -2.64. The van der Waals surface area contributed by atoms with Crippen LogP contribution < -0.4 is 10.6 Å². The van der Waals surface area contributed by atoms with E-state index in [0.29, 0.717) is 39.0 Å². The molecule has 192 valence electrons. The van der Waals surface area contributed by atoms with Crippen LogP contribution in [0.4, 0.5) is 0 Å². The fourth-order valence-electron chi connectivity index (χ4n) is 6.11. The standard InChI is InChI=1S/C25H37N5O5/c1-3-5-19-24(34)29-12-7-18(8-13-29)30-11-4-6-20(30)23(33)27-25(16-21(31)26-19)9-14-28(15-10-25)22(32)17-35-2/h1,18-20H,4-17H2,2H3,(H,26,31)(H,27,33)/t19-,20+/m1/s1. The molecule has 4 amide bonds. The number of fused-ring (bicyclic) bond motifs is 7. The Balaban J connectivity index is 1.58. The van der Waals surface area contributed by atoms with Crippen LogP contribution >= 0.6 is 0 Å². The number of carbonyl (C=O) groups is 4. The first-order valence-corrected chi connectivity index (χ1v) is 12.7. The number of rotatable bonds is 3. The lowest BCUT2D eigenvalue weighted by atomic mass is 9.83. The van der Waals surface area contributed by atoms with Crippen molar-refractivity contribution < 1.29 is 23.9 Å². The second-order valence-electron chi connectivity index (χ2n) is 10.2. The SMILES string of the molecule is C#CC[C@H]1NC(=O)CC2(CCN(C(=O)COC)CC2)NC(=O)[C@@H]2CCCN2C2CCN(CC2)C1=O. The molecule has 2 atom stereocenters.